The van der Waals surface area contributed by atoms with E-state index in [2.05, 4.69) is 15.0 Å². The van der Waals surface area contributed by atoms with Gasteiger partial charge in [0.1, 0.15) is 5.82 Å². The highest BCUT2D eigenvalue weighted by molar-refractivity contribution is 5.95. The summed E-state index contributed by atoms with van der Waals surface area (Å²) in [4.78, 5) is 15.7. The number of nitrogens with two attached hydrogens (primary N) is 1. The molecule has 19 heavy (non-hydrogen) atoms. The van der Waals surface area contributed by atoms with Gasteiger partial charge in [-0.15, -0.1) is 0 Å². The Balaban J connectivity index is 2.32. The molecule has 0 saturated carbocycles. The maximum absolute atomic E-state index is 11.5. The second kappa shape index (κ2) is 5.39. The second-order valence-corrected chi connectivity index (χ2v) is 4.09. The molecule has 0 bridgehead atoms. The number of methoxy groups -OCH3 is 1. The van der Waals surface area contributed by atoms with Crippen molar-refractivity contribution >= 4 is 23.2 Å². The lowest BCUT2D eigenvalue weighted by molar-refractivity contribution is 0.0602. The lowest BCUT2D eigenvalue weighted by atomic mass is 10.2. The second-order valence-electron chi connectivity index (χ2n) is 4.09. The fourth-order valence-electron chi connectivity index (χ4n) is 1.67. The number of aryl methyl sites for hydroxylation is 1. The van der Waals surface area contributed by atoms with Crippen molar-refractivity contribution in [3.63, 3.8) is 0 Å². The lowest BCUT2D eigenvalue weighted by Crippen LogP contribution is -2.07. The molecule has 0 saturated heterocycles. The highest BCUT2D eigenvalue weighted by Crippen LogP contribution is 2.21. The van der Waals surface area contributed by atoms with Crippen LogP contribution in [-0.2, 0) is 4.74 Å². The highest BCUT2D eigenvalue weighted by atomic mass is 16.5. The topological polar surface area (TPSA) is 77.2 Å². The lowest BCUT2D eigenvalue weighted by Gasteiger charge is -2.10. The van der Waals surface area contributed by atoms with Gasteiger partial charge in [0.15, 0.2) is 0 Å². The molecular formula is C14H15N3O2. The number of carbonyl (C=O) groups excluding carboxylic acids is 1. The van der Waals surface area contributed by atoms with Crippen LogP contribution in [0.4, 0.5) is 17.2 Å². The third-order valence-electron chi connectivity index (χ3n) is 2.75. The first-order valence-electron chi connectivity index (χ1n) is 5.78. The van der Waals surface area contributed by atoms with Gasteiger partial charge in [-0.25, -0.2) is 9.78 Å². The van der Waals surface area contributed by atoms with Gasteiger partial charge in [-0.1, -0.05) is 18.2 Å². The van der Waals surface area contributed by atoms with Gasteiger partial charge < -0.3 is 15.8 Å². The van der Waals surface area contributed by atoms with Crippen molar-refractivity contribution in [2.75, 3.05) is 18.2 Å². The molecule has 0 fully saturated rings. The van der Waals surface area contributed by atoms with Gasteiger partial charge in [-0.3, -0.25) is 0 Å². The Morgan fingerprint density at radius 3 is 2.79 bits per heavy atom. The molecule has 0 aliphatic heterocycles. The Hall–Kier alpha value is -2.56. The van der Waals surface area contributed by atoms with Gasteiger partial charge in [-0.2, -0.15) is 0 Å². The zero-order valence-corrected chi connectivity index (χ0v) is 10.8. The number of rotatable bonds is 3. The number of benzene rings is 1. The Morgan fingerprint density at radius 1 is 1.37 bits per heavy atom. The van der Waals surface area contributed by atoms with Crippen LogP contribution in [-0.4, -0.2) is 18.1 Å². The van der Waals surface area contributed by atoms with Gasteiger partial charge in [0.2, 0.25) is 0 Å². The SMILES string of the molecule is COC(=O)c1cc(Nc2ccccc2C)ncc1N. The van der Waals surface area contributed by atoms with E-state index < -0.39 is 5.97 Å². The van der Waals surface area contributed by atoms with Crippen LogP contribution in [0, 0.1) is 6.92 Å². The van der Waals surface area contributed by atoms with Crippen LogP contribution in [0.5, 0.6) is 0 Å². The Kier molecular flexibility index (Phi) is 3.66. The number of anilines is 3. The highest BCUT2D eigenvalue weighted by Gasteiger charge is 2.11. The number of para-hydroxylation sites is 1. The van der Waals surface area contributed by atoms with Crippen LogP contribution in [0.1, 0.15) is 15.9 Å². The number of hydrogen-bond donors (Lipinski definition) is 2. The van der Waals surface area contributed by atoms with Crippen molar-refractivity contribution in [3.05, 3.63) is 47.7 Å². The minimum Gasteiger partial charge on any atom is -0.465 e. The Morgan fingerprint density at radius 2 is 2.11 bits per heavy atom. The van der Waals surface area contributed by atoms with E-state index in [1.807, 2.05) is 31.2 Å². The predicted molar refractivity (Wildman–Crippen MR) is 74.5 cm³/mol. The molecular weight excluding hydrogens is 242 g/mol. The number of carbonyl (C=O) groups is 1. The van der Waals surface area contributed by atoms with Crippen molar-refractivity contribution in [1.29, 1.82) is 0 Å². The fraction of sp³-hybridized carbons (Fsp3) is 0.143. The van der Waals surface area contributed by atoms with E-state index in [-0.39, 0.29) is 0 Å². The van der Waals surface area contributed by atoms with Gasteiger partial charge in [0.25, 0.3) is 0 Å². The van der Waals surface area contributed by atoms with E-state index in [0.29, 0.717) is 17.1 Å². The standard InChI is InChI=1S/C14H15N3O2/c1-9-5-3-4-6-12(9)17-13-7-10(14(18)19-2)11(15)8-16-13/h3-8H,15H2,1-2H3,(H,16,17). The fourth-order valence-corrected chi connectivity index (χ4v) is 1.67. The van der Waals surface area contributed by atoms with Gasteiger partial charge in [0, 0.05) is 5.69 Å². The molecule has 0 aliphatic carbocycles. The van der Waals surface area contributed by atoms with E-state index in [1.54, 1.807) is 6.07 Å². The van der Waals surface area contributed by atoms with Crippen molar-refractivity contribution in [3.8, 4) is 0 Å². The van der Waals surface area contributed by atoms with Gasteiger partial charge >= 0.3 is 5.97 Å². The maximum Gasteiger partial charge on any atom is 0.340 e. The first kappa shape index (κ1) is 12.9. The van der Waals surface area contributed by atoms with Crippen LogP contribution in [0.15, 0.2) is 36.5 Å². The van der Waals surface area contributed by atoms with E-state index in [0.717, 1.165) is 11.3 Å². The van der Waals surface area contributed by atoms with Crippen LogP contribution < -0.4 is 11.1 Å². The summed E-state index contributed by atoms with van der Waals surface area (Å²) >= 11 is 0. The van der Waals surface area contributed by atoms with Crippen molar-refractivity contribution in [2.24, 2.45) is 0 Å². The Bertz CT molecular complexity index is 611. The molecule has 0 amide bonds. The summed E-state index contributed by atoms with van der Waals surface area (Å²) < 4.78 is 4.67. The molecule has 5 nitrogen and oxygen atoms in total. The molecule has 3 N–H and O–H groups in total. The molecule has 0 aliphatic rings. The first-order chi connectivity index (χ1) is 9.11. The number of pyridine rings is 1. The molecule has 5 heteroatoms. The molecule has 0 radical (unpaired) electrons. The molecule has 1 heterocycles. The number of ether oxygens (including phenoxy) is 1. The summed E-state index contributed by atoms with van der Waals surface area (Å²) in [5, 5.41) is 3.14. The zero-order chi connectivity index (χ0) is 13.8. The zero-order valence-electron chi connectivity index (χ0n) is 10.8. The van der Waals surface area contributed by atoms with E-state index in [1.165, 1.54) is 13.3 Å². The molecule has 2 rings (SSSR count). The molecule has 1 aromatic heterocycles. The first-order valence-corrected chi connectivity index (χ1v) is 5.78. The number of nitrogens with zero attached hydrogens (tertiary/aromatic N) is 1. The monoisotopic (exact) mass is 257 g/mol. The van der Waals surface area contributed by atoms with Gasteiger partial charge in [0.05, 0.1) is 24.6 Å². The quantitative estimate of drug-likeness (QED) is 0.826. The van der Waals surface area contributed by atoms with Crippen LogP contribution in [0.25, 0.3) is 0 Å². The third kappa shape index (κ3) is 2.82. The van der Waals surface area contributed by atoms with Crippen LogP contribution in [0.2, 0.25) is 0 Å². The molecule has 0 spiro atoms. The largest absolute Gasteiger partial charge is 0.465 e. The van der Waals surface area contributed by atoms with Gasteiger partial charge in [-0.05, 0) is 24.6 Å². The predicted octanol–water partition coefficient (Wildman–Crippen LogP) is 2.50. The Labute approximate surface area is 111 Å². The summed E-state index contributed by atoms with van der Waals surface area (Å²) in [6.45, 7) is 1.99. The van der Waals surface area contributed by atoms with Crippen molar-refractivity contribution in [2.45, 2.75) is 6.92 Å². The van der Waals surface area contributed by atoms with Crippen LogP contribution in [0.3, 0.4) is 0 Å². The average Bonchev–Trinajstić information content (AvgIpc) is 2.42. The third-order valence-corrected chi connectivity index (χ3v) is 2.75. The summed E-state index contributed by atoms with van der Waals surface area (Å²) in [7, 11) is 1.32. The maximum atomic E-state index is 11.5. The summed E-state index contributed by atoms with van der Waals surface area (Å²) in [5.74, 6) is 0.0663. The van der Waals surface area contributed by atoms with Crippen molar-refractivity contribution in [1.82, 2.24) is 4.98 Å². The molecule has 0 atom stereocenters. The van der Waals surface area contributed by atoms with Crippen LogP contribution >= 0.6 is 0 Å². The normalized spacial score (nSPS) is 10.0. The number of aromatic nitrogens is 1. The minimum absolute atomic E-state index is 0.294. The summed E-state index contributed by atoms with van der Waals surface area (Å²) in [5.41, 5.74) is 8.30. The summed E-state index contributed by atoms with van der Waals surface area (Å²) in [6, 6.07) is 9.38. The van der Waals surface area contributed by atoms with E-state index >= 15 is 0 Å². The number of nitrogen functional groups attached to an aromatic ring is 1. The molecule has 0 unspecified atom stereocenters. The average molecular weight is 257 g/mol. The molecule has 98 valence electrons. The molecule has 2 aromatic rings. The summed E-state index contributed by atoms with van der Waals surface area (Å²) in [6.07, 6.45) is 1.44. The van der Waals surface area contributed by atoms with E-state index in [4.69, 9.17) is 5.73 Å². The van der Waals surface area contributed by atoms with E-state index in [9.17, 15) is 4.79 Å². The number of nitrogens with one attached hydrogen (secondary N) is 1. The smallest absolute Gasteiger partial charge is 0.340 e. The minimum atomic E-state index is -0.479. The molecule has 1 aromatic carbocycles. The number of esters is 1. The van der Waals surface area contributed by atoms with Crippen molar-refractivity contribution < 1.29 is 9.53 Å². The number of hydrogen-bond acceptors (Lipinski definition) is 5.